The summed E-state index contributed by atoms with van der Waals surface area (Å²) in [7, 11) is -1.59. The number of nitrogens with zero attached hydrogens (tertiary/aromatic N) is 1. The van der Waals surface area contributed by atoms with E-state index in [1.54, 1.807) is 7.05 Å². The van der Waals surface area contributed by atoms with Crippen molar-refractivity contribution in [2.24, 2.45) is 0 Å². The lowest BCUT2D eigenvalue weighted by molar-refractivity contribution is 0.586. The molecular weight excluding hydrogens is 272 g/mol. The molecule has 1 N–H and O–H groups in total. The van der Waals surface area contributed by atoms with Crippen molar-refractivity contribution in [2.45, 2.75) is 39.2 Å². The molecule has 112 valence electrons. The summed E-state index contributed by atoms with van der Waals surface area (Å²) in [6, 6.07) is 6.47. The lowest BCUT2D eigenvalue weighted by Crippen LogP contribution is -2.31. The van der Waals surface area contributed by atoms with Crippen LogP contribution in [0.2, 0.25) is 0 Å². The van der Waals surface area contributed by atoms with Gasteiger partial charge in [0.05, 0.1) is 11.4 Å². The first-order valence-corrected chi connectivity index (χ1v) is 8.78. The molecule has 0 bridgehead atoms. The fraction of sp³-hybridized carbons (Fsp3) is 0.600. The van der Waals surface area contributed by atoms with Crippen molar-refractivity contribution in [2.75, 3.05) is 23.7 Å². The molecular formula is C15H24N2O2S. The van der Waals surface area contributed by atoms with Crippen molar-refractivity contribution >= 4 is 15.7 Å². The third-order valence-electron chi connectivity index (χ3n) is 3.70. The van der Waals surface area contributed by atoms with Gasteiger partial charge in [-0.05, 0) is 51.3 Å². The summed E-state index contributed by atoms with van der Waals surface area (Å²) in [6.45, 7) is 4.74. The van der Waals surface area contributed by atoms with Crippen LogP contribution in [-0.4, -0.2) is 33.8 Å². The normalized spacial score (nSPS) is 15.3. The average Bonchev–Trinajstić information content (AvgIpc) is 3.18. The highest BCUT2D eigenvalue weighted by Gasteiger charge is 2.22. The van der Waals surface area contributed by atoms with Crippen LogP contribution in [0.1, 0.15) is 30.4 Å². The molecule has 2 rings (SSSR count). The minimum atomic E-state index is -3.23. The zero-order chi connectivity index (χ0) is 14.8. The number of aryl methyl sites for hydroxylation is 2. The SMILES string of the molecule is Cc1ccc(N(C)S(=O)(=O)CCCNC2CC2)c(C)c1. The van der Waals surface area contributed by atoms with E-state index in [-0.39, 0.29) is 5.75 Å². The van der Waals surface area contributed by atoms with Crippen molar-refractivity contribution in [3.05, 3.63) is 29.3 Å². The summed E-state index contributed by atoms with van der Waals surface area (Å²) in [5.74, 6) is 0.191. The summed E-state index contributed by atoms with van der Waals surface area (Å²) in [6.07, 6.45) is 3.12. The maximum atomic E-state index is 12.3. The molecule has 0 unspecified atom stereocenters. The van der Waals surface area contributed by atoms with Crippen LogP contribution in [0.4, 0.5) is 5.69 Å². The Balaban J connectivity index is 1.95. The van der Waals surface area contributed by atoms with E-state index in [1.807, 2.05) is 32.0 Å². The van der Waals surface area contributed by atoms with Gasteiger partial charge in [-0.3, -0.25) is 4.31 Å². The molecule has 0 saturated heterocycles. The lowest BCUT2D eigenvalue weighted by atomic mass is 10.1. The molecule has 0 atom stereocenters. The first kappa shape index (κ1) is 15.3. The van der Waals surface area contributed by atoms with Gasteiger partial charge in [0.15, 0.2) is 0 Å². The van der Waals surface area contributed by atoms with Gasteiger partial charge < -0.3 is 5.32 Å². The monoisotopic (exact) mass is 296 g/mol. The van der Waals surface area contributed by atoms with Gasteiger partial charge >= 0.3 is 0 Å². The highest BCUT2D eigenvalue weighted by atomic mass is 32.2. The quantitative estimate of drug-likeness (QED) is 0.785. The van der Waals surface area contributed by atoms with Gasteiger partial charge in [-0.2, -0.15) is 0 Å². The molecule has 0 radical (unpaired) electrons. The Kier molecular flexibility index (Phi) is 4.70. The van der Waals surface area contributed by atoms with E-state index in [2.05, 4.69) is 5.32 Å². The van der Waals surface area contributed by atoms with E-state index < -0.39 is 10.0 Å². The number of anilines is 1. The number of rotatable bonds is 7. The van der Waals surface area contributed by atoms with Crippen LogP contribution < -0.4 is 9.62 Å². The fourth-order valence-electron chi connectivity index (χ4n) is 2.29. The molecule has 0 heterocycles. The summed E-state index contributed by atoms with van der Waals surface area (Å²) in [5.41, 5.74) is 2.91. The van der Waals surface area contributed by atoms with Gasteiger partial charge in [0.1, 0.15) is 0 Å². The smallest absolute Gasteiger partial charge is 0.234 e. The predicted octanol–water partition coefficient (Wildman–Crippen LogP) is 2.21. The maximum absolute atomic E-state index is 12.3. The van der Waals surface area contributed by atoms with Crippen LogP contribution in [-0.2, 0) is 10.0 Å². The van der Waals surface area contributed by atoms with Crippen LogP contribution in [0.15, 0.2) is 18.2 Å². The van der Waals surface area contributed by atoms with Crippen LogP contribution in [0.25, 0.3) is 0 Å². The van der Waals surface area contributed by atoms with Crippen LogP contribution in [0.3, 0.4) is 0 Å². The van der Waals surface area contributed by atoms with Crippen molar-refractivity contribution in [1.82, 2.24) is 5.32 Å². The topological polar surface area (TPSA) is 49.4 Å². The third-order valence-corrected chi connectivity index (χ3v) is 5.53. The van der Waals surface area contributed by atoms with E-state index >= 15 is 0 Å². The minimum absolute atomic E-state index is 0.191. The molecule has 0 aliphatic heterocycles. The fourth-order valence-corrected chi connectivity index (χ4v) is 3.58. The van der Waals surface area contributed by atoms with Crippen molar-refractivity contribution in [1.29, 1.82) is 0 Å². The van der Waals surface area contributed by atoms with Crippen LogP contribution >= 0.6 is 0 Å². The van der Waals surface area contributed by atoms with Crippen molar-refractivity contribution in [3.8, 4) is 0 Å². The maximum Gasteiger partial charge on any atom is 0.234 e. The lowest BCUT2D eigenvalue weighted by Gasteiger charge is -2.21. The Labute approximate surface area is 122 Å². The molecule has 4 nitrogen and oxygen atoms in total. The molecule has 1 saturated carbocycles. The van der Waals surface area contributed by atoms with Crippen LogP contribution in [0, 0.1) is 13.8 Å². The second-order valence-electron chi connectivity index (χ2n) is 5.66. The predicted molar refractivity (Wildman–Crippen MR) is 83.7 cm³/mol. The van der Waals surface area contributed by atoms with Gasteiger partial charge in [0.25, 0.3) is 0 Å². The standard InChI is InChI=1S/C15H24N2O2S/c1-12-5-8-15(13(2)11-12)17(3)20(18,19)10-4-9-16-14-6-7-14/h5,8,11,14,16H,4,6-7,9-10H2,1-3H3. The van der Waals surface area contributed by atoms with E-state index in [9.17, 15) is 8.42 Å². The summed E-state index contributed by atoms with van der Waals surface area (Å²) >= 11 is 0. The van der Waals surface area contributed by atoms with Crippen molar-refractivity contribution < 1.29 is 8.42 Å². The summed E-state index contributed by atoms with van der Waals surface area (Å²) in [5, 5.41) is 3.34. The Morgan fingerprint density at radius 1 is 1.30 bits per heavy atom. The highest BCUT2D eigenvalue weighted by Crippen LogP contribution is 2.23. The molecule has 1 aliphatic carbocycles. The molecule has 20 heavy (non-hydrogen) atoms. The molecule has 1 fully saturated rings. The minimum Gasteiger partial charge on any atom is -0.314 e. The zero-order valence-electron chi connectivity index (χ0n) is 12.5. The van der Waals surface area contributed by atoms with Gasteiger partial charge in [0.2, 0.25) is 10.0 Å². The number of nitrogens with one attached hydrogen (secondary N) is 1. The largest absolute Gasteiger partial charge is 0.314 e. The second-order valence-corrected chi connectivity index (χ2v) is 7.78. The first-order valence-electron chi connectivity index (χ1n) is 7.17. The second kappa shape index (κ2) is 6.14. The van der Waals surface area contributed by atoms with E-state index in [1.165, 1.54) is 17.1 Å². The van der Waals surface area contributed by atoms with E-state index in [0.717, 1.165) is 23.4 Å². The van der Waals surface area contributed by atoms with Crippen LogP contribution in [0.5, 0.6) is 0 Å². The Bertz CT molecular complexity index is 565. The van der Waals surface area contributed by atoms with Gasteiger partial charge in [-0.25, -0.2) is 8.42 Å². The Hall–Kier alpha value is -1.07. The number of hydrogen-bond donors (Lipinski definition) is 1. The van der Waals surface area contributed by atoms with Gasteiger partial charge in [-0.15, -0.1) is 0 Å². The van der Waals surface area contributed by atoms with Gasteiger partial charge in [0, 0.05) is 13.1 Å². The molecule has 1 aromatic carbocycles. The zero-order valence-corrected chi connectivity index (χ0v) is 13.3. The first-order chi connectivity index (χ1) is 9.40. The van der Waals surface area contributed by atoms with Crippen molar-refractivity contribution in [3.63, 3.8) is 0 Å². The molecule has 5 heteroatoms. The van der Waals surface area contributed by atoms with E-state index in [4.69, 9.17) is 0 Å². The average molecular weight is 296 g/mol. The van der Waals surface area contributed by atoms with Gasteiger partial charge in [-0.1, -0.05) is 17.7 Å². The Morgan fingerprint density at radius 2 is 2.00 bits per heavy atom. The molecule has 1 aliphatic rings. The number of benzene rings is 1. The third kappa shape index (κ3) is 3.96. The number of hydrogen-bond acceptors (Lipinski definition) is 3. The van der Waals surface area contributed by atoms with E-state index in [0.29, 0.717) is 12.5 Å². The highest BCUT2D eigenvalue weighted by molar-refractivity contribution is 7.92. The summed E-state index contributed by atoms with van der Waals surface area (Å²) < 4.78 is 26.1. The molecule has 0 amide bonds. The summed E-state index contributed by atoms with van der Waals surface area (Å²) in [4.78, 5) is 0. The molecule has 0 aromatic heterocycles. The molecule has 0 spiro atoms. The Morgan fingerprint density at radius 3 is 2.60 bits per heavy atom. The number of sulfonamides is 1. The molecule has 1 aromatic rings.